The van der Waals surface area contributed by atoms with Crippen LogP contribution >= 0.6 is 0 Å². The zero-order chi connectivity index (χ0) is 13.5. The molecule has 0 bridgehead atoms. The molecule has 100 valence electrons. The molecule has 1 aliphatic heterocycles. The summed E-state index contributed by atoms with van der Waals surface area (Å²) in [6.07, 6.45) is 4.13. The van der Waals surface area contributed by atoms with Crippen LogP contribution in [-0.2, 0) is 13.0 Å². The molecule has 0 radical (unpaired) electrons. The van der Waals surface area contributed by atoms with Gasteiger partial charge in [0.05, 0.1) is 41.6 Å². The van der Waals surface area contributed by atoms with E-state index in [9.17, 15) is 4.79 Å². The van der Waals surface area contributed by atoms with Gasteiger partial charge in [-0.05, 0) is 18.2 Å². The number of aromatic nitrogens is 4. The molecular weight excluding hydrogens is 254 g/mol. The molecule has 1 aromatic carbocycles. The molecule has 6 heteroatoms. The first kappa shape index (κ1) is 11.2. The second-order valence-corrected chi connectivity index (χ2v) is 4.94. The Hall–Kier alpha value is -2.63. The van der Waals surface area contributed by atoms with E-state index in [2.05, 4.69) is 19.9 Å². The lowest BCUT2D eigenvalue weighted by atomic mass is 10.1. The quantitative estimate of drug-likeness (QED) is 0.701. The molecule has 4 rings (SSSR count). The Morgan fingerprint density at radius 1 is 1.20 bits per heavy atom. The SMILES string of the molecule is O=C(c1ccc2nc[nH]c2c1)N1CCc2nc[nH]c2C1. The predicted octanol–water partition coefficient (Wildman–Crippen LogP) is 1.48. The van der Waals surface area contributed by atoms with Crippen molar-refractivity contribution in [2.45, 2.75) is 13.0 Å². The molecule has 2 aromatic heterocycles. The van der Waals surface area contributed by atoms with Crippen LogP contribution in [0.4, 0.5) is 0 Å². The van der Waals surface area contributed by atoms with Crippen LogP contribution in [-0.4, -0.2) is 37.3 Å². The van der Waals surface area contributed by atoms with Crippen molar-refractivity contribution in [1.29, 1.82) is 0 Å². The largest absolute Gasteiger partial charge is 0.347 e. The number of fused-ring (bicyclic) bond motifs is 2. The van der Waals surface area contributed by atoms with Crippen LogP contribution < -0.4 is 0 Å². The van der Waals surface area contributed by atoms with E-state index in [0.29, 0.717) is 18.7 Å². The second kappa shape index (κ2) is 4.19. The van der Waals surface area contributed by atoms with Gasteiger partial charge in [0, 0.05) is 18.5 Å². The van der Waals surface area contributed by atoms with E-state index in [1.807, 2.05) is 23.1 Å². The number of hydrogen-bond donors (Lipinski definition) is 2. The van der Waals surface area contributed by atoms with Gasteiger partial charge in [0.25, 0.3) is 5.91 Å². The Bertz CT molecular complexity index is 788. The summed E-state index contributed by atoms with van der Waals surface area (Å²) < 4.78 is 0. The Morgan fingerprint density at radius 3 is 3.05 bits per heavy atom. The molecular formula is C14H13N5O. The molecule has 3 heterocycles. The molecule has 1 amide bonds. The molecule has 0 saturated heterocycles. The Kier molecular flexibility index (Phi) is 2.35. The average Bonchev–Trinajstić information content (AvgIpc) is 3.13. The molecule has 0 aliphatic carbocycles. The molecule has 0 fully saturated rings. The summed E-state index contributed by atoms with van der Waals surface area (Å²) in [5, 5.41) is 0. The van der Waals surface area contributed by atoms with Gasteiger partial charge in [-0.3, -0.25) is 4.79 Å². The van der Waals surface area contributed by atoms with Gasteiger partial charge in [-0.2, -0.15) is 0 Å². The maximum Gasteiger partial charge on any atom is 0.254 e. The lowest BCUT2D eigenvalue weighted by Gasteiger charge is -2.26. The number of amides is 1. The molecule has 0 atom stereocenters. The number of nitrogens with zero attached hydrogens (tertiary/aromatic N) is 3. The first-order valence-corrected chi connectivity index (χ1v) is 6.55. The first-order chi connectivity index (χ1) is 9.81. The molecule has 20 heavy (non-hydrogen) atoms. The summed E-state index contributed by atoms with van der Waals surface area (Å²) in [4.78, 5) is 28.9. The smallest absolute Gasteiger partial charge is 0.254 e. The van der Waals surface area contributed by atoms with Crippen molar-refractivity contribution in [3.05, 3.63) is 47.8 Å². The Balaban J connectivity index is 1.64. The molecule has 2 N–H and O–H groups in total. The normalized spacial score (nSPS) is 14.5. The Morgan fingerprint density at radius 2 is 2.10 bits per heavy atom. The number of imidazole rings is 2. The van der Waals surface area contributed by atoms with Gasteiger partial charge in [-0.25, -0.2) is 9.97 Å². The van der Waals surface area contributed by atoms with Gasteiger partial charge < -0.3 is 14.9 Å². The third-order valence-corrected chi connectivity index (χ3v) is 3.73. The average molecular weight is 267 g/mol. The fourth-order valence-corrected chi connectivity index (χ4v) is 2.64. The fourth-order valence-electron chi connectivity index (χ4n) is 2.64. The monoisotopic (exact) mass is 267 g/mol. The van der Waals surface area contributed by atoms with E-state index in [-0.39, 0.29) is 5.91 Å². The van der Waals surface area contributed by atoms with Crippen LogP contribution in [0.25, 0.3) is 11.0 Å². The van der Waals surface area contributed by atoms with Crippen molar-refractivity contribution in [2.24, 2.45) is 0 Å². The summed E-state index contributed by atoms with van der Waals surface area (Å²) >= 11 is 0. The lowest BCUT2D eigenvalue weighted by molar-refractivity contribution is 0.0732. The molecule has 0 unspecified atom stereocenters. The first-order valence-electron chi connectivity index (χ1n) is 6.55. The minimum absolute atomic E-state index is 0.0433. The number of hydrogen-bond acceptors (Lipinski definition) is 3. The summed E-state index contributed by atoms with van der Waals surface area (Å²) in [7, 11) is 0. The summed E-state index contributed by atoms with van der Waals surface area (Å²) in [6, 6.07) is 5.55. The van der Waals surface area contributed by atoms with Crippen molar-refractivity contribution in [2.75, 3.05) is 6.54 Å². The summed E-state index contributed by atoms with van der Waals surface area (Å²) in [5.74, 6) is 0.0433. The maximum absolute atomic E-state index is 12.6. The predicted molar refractivity (Wildman–Crippen MR) is 73.1 cm³/mol. The van der Waals surface area contributed by atoms with E-state index < -0.39 is 0 Å². The molecule has 1 aliphatic rings. The van der Waals surface area contributed by atoms with Crippen molar-refractivity contribution in [1.82, 2.24) is 24.8 Å². The van der Waals surface area contributed by atoms with Crippen molar-refractivity contribution >= 4 is 16.9 Å². The van der Waals surface area contributed by atoms with Gasteiger partial charge in [0.2, 0.25) is 0 Å². The molecule has 0 spiro atoms. The number of nitrogens with one attached hydrogen (secondary N) is 2. The minimum atomic E-state index is 0.0433. The van der Waals surface area contributed by atoms with Gasteiger partial charge in [-0.15, -0.1) is 0 Å². The number of benzene rings is 1. The van der Waals surface area contributed by atoms with Crippen LogP contribution in [0.15, 0.2) is 30.9 Å². The number of H-pyrrole nitrogens is 2. The molecule has 0 saturated carbocycles. The standard InChI is InChI=1S/C14H13N5O/c20-14(9-1-2-10-12(5-9)17-7-15-10)19-4-3-11-13(6-19)18-8-16-11/h1-2,5,7-8H,3-4,6H2,(H,15,17)(H,16,18). The number of aromatic amines is 2. The third-order valence-electron chi connectivity index (χ3n) is 3.73. The molecule has 3 aromatic rings. The van der Waals surface area contributed by atoms with Crippen LogP contribution in [0.5, 0.6) is 0 Å². The summed E-state index contributed by atoms with van der Waals surface area (Å²) in [5.41, 5.74) is 4.54. The van der Waals surface area contributed by atoms with Gasteiger partial charge in [-0.1, -0.05) is 0 Å². The van der Waals surface area contributed by atoms with Crippen LogP contribution in [0, 0.1) is 0 Å². The minimum Gasteiger partial charge on any atom is -0.347 e. The highest BCUT2D eigenvalue weighted by Gasteiger charge is 2.23. The maximum atomic E-state index is 12.6. The van der Waals surface area contributed by atoms with E-state index in [1.54, 1.807) is 12.7 Å². The van der Waals surface area contributed by atoms with Crippen molar-refractivity contribution in [3.63, 3.8) is 0 Å². The van der Waals surface area contributed by atoms with Crippen molar-refractivity contribution in [3.8, 4) is 0 Å². The van der Waals surface area contributed by atoms with E-state index in [4.69, 9.17) is 0 Å². The number of rotatable bonds is 1. The number of carbonyl (C=O) groups excluding carboxylic acids is 1. The van der Waals surface area contributed by atoms with Crippen LogP contribution in [0.1, 0.15) is 21.7 Å². The highest BCUT2D eigenvalue weighted by molar-refractivity contribution is 5.97. The van der Waals surface area contributed by atoms with E-state index in [1.165, 1.54) is 0 Å². The topological polar surface area (TPSA) is 77.7 Å². The zero-order valence-corrected chi connectivity index (χ0v) is 10.8. The molecule has 6 nitrogen and oxygen atoms in total. The van der Waals surface area contributed by atoms with Gasteiger partial charge >= 0.3 is 0 Å². The lowest BCUT2D eigenvalue weighted by Crippen LogP contribution is -2.36. The summed E-state index contributed by atoms with van der Waals surface area (Å²) in [6.45, 7) is 1.30. The van der Waals surface area contributed by atoms with Gasteiger partial charge in [0.15, 0.2) is 0 Å². The van der Waals surface area contributed by atoms with Crippen LogP contribution in [0.2, 0.25) is 0 Å². The van der Waals surface area contributed by atoms with Crippen molar-refractivity contribution < 1.29 is 4.79 Å². The second-order valence-electron chi connectivity index (χ2n) is 4.94. The van der Waals surface area contributed by atoms with Gasteiger partial charge in [0.1, 0.15) is 0 Å². The highest BCUT2D eigenvalue weighted by Crippen LogP contribution is 2.19. The third kappa shape index (κ3) is 1.69. The highest BCUT2D eigenvalue weighted by atomic mass is 16.2. The van der Waals surface area contributed by atoms with E-state index >= 15 is 0 Å². The zero-order valence-electron chi connectivity index (χ0n) is 10.8. The van der Waals surface area contributed by atoms with E-state index in [0.717, 1.165) is 28.8 Å². The number of carbonyl (C=O) groups is 1. The van der Waals surface area contributed by atoms with Crippen LogP contribution in [0.3, 0.4) is 0 Å². The fraction of sp³-hybridized carbons (Fsp3) is 0.214. The Labute approximate surface area is 114 Å².